The number of methoxy groups -OCH3 is 1. The Morgan fingerprint density at radius 3 is 3.27 bits per heavy atom. The molecule has 0 spiro atoms. The molecule has 1 aliphatic carbocycles. The average Bonchev–Trinajstić information content (AvgIpc) is 2.86. The molecule has 80 valence electrons. The van der Waals surface area contributed by atoms with Crippen molar-refractivity contribution in [3.8, 4) is 0 Å². The topological polar surface area (TPSA) is 44.8 Å². The summed E-state index contributed by atoms with van der Waals surface area (Å²) in [6.45, 7) is 0.633. The molecule has 4 heteroatoms. The molecule has 1 saturated heterocycles. The predicted molar refractivity (Wildman–Crippen MR) is 50.6 cm³/mol. The van der Waals surface area contributed by atoms with Gasteiger partial charge < -0.3 is 14.2 Å². The fourth-order valence-electron chi connectivity index (χ4n) is 2.61. The van der Waals surface area contributed by atoms with Gasteiger partial charge in [0.05, 0.1) is 31.5 Å². The molecule has 2 aliphatic heterocycles. The number of allylic oxidation sites excluding steroid dienone is 1. The molecular weight excluding hydrogens is 196 g/mol. The van der Waals surface area contributed by atoms with E-state index in [-0.39, 0.29) is 24.1 Å². The van der Waals surface area contributed by atoms with Gasteiger partial charge in [-0.1, -0.05) is 6.08 Å². The predicted octanol–water partition coefficient (Wildman–Crippen LogP) is 0.992. The number of esters is 1. The fraction of sp³-hybridized carbons (Fsp3) is 0.545. The van der Waals surface area contributed by atoms with Crippen molar-refractivity contribution >= 4 is 5.97 Å². The zero-order valence-electron chi connectivity index (χ0n) is 8.43. The van der Waals surface area contributed by atoms with E-state index in [0.29, 0.717) is 12.2 Å². The highest BCUT2D eigenvalue weighted by Gasteiger charge is 2.48. The smallest absolute Gasteiger partial charge is 0.337 e. The van der Waals surface area contributed by atoms with E-state index in [1.54, 1.807) is 0 Å². The van der Waals surface area contributed by atoms with E-state index < -0.39 is 0 Å². The van der Waals surface area contributed by atoms with Crippen LogP contribution in [0, 0.1) is 11.8 Å². The Bertz CT molecular complexity index is 369. The highest BCUT2D eigenvalue weighted by atomic mass is 16.7. The maximum absolute atomic E-state index is 11.5. The fourth-order valence-corrected chi connectivity index (χ4v) is 2.61. The van der Waals surface area contributed by atoms with Gasteiger partial charge in [0.15, 0.2) is 0 Å². The van der Waals surface area contributed by atoms with Gasteiger partial charge in [-0.2, -0.15) is 0 Å². The van der Waals surface area contributed by atoms with Crippen molar-refractivity contribution in [2.45, 2.75) is 12.7 Å². The van der Waals surface area contributed by atoms with Crippen LogP contribution in [0.15, 0.2) is 23.5 Å². The van der Waals surface area contributed by atoms with Gasteiger partial charge in [0, 0.05) is 5.92 Å². The Morgan fingerprint density at radius 2 is 2.47 bits per heavy atom. The molecule has 0 bridgehead atoms. The van der Waals surface area contributed by atoms with Crippen LogP contribution in [-0.4, -0.2) is 26.0 Å². The lowest BCUT2D eigenvalue weighted by Crippen LogP contribution is -2.32. The van der Waals surface area contributed by atoms with E-state index in [2.05, 4.69) is 6.08 Å². The Labute approximate surface area is 87.5 Å². The summed E-state index contributed by atoms with van der Waals surface area (Å²) >= 11 is 0. The van der Waals surface area contributed by atoms with Crippen LogP contribution in [0.1, 0.15) is 6.42 Å². The zero-order chi connectivity index (χ0) is 10.4. The van der Waals surface area contributed by atoms with Crippen molar-refractivity contribution < 1.29 is 19.0 Å². The van der Waals surface area contributed by atoms with Crippen molar-refractivity contribution in [3.05, 3.63) is 23.5 Å². The van der Waals surface area contributed by atoms with Crippen molar-refractivity contribution in [2.24, 2.45) is 11.8 Å². The van der Waals surface area contributed by atoms with Gasteiger partial charge >= 0.3 is 5.97 Å². The molecule has 0 saturated carbocycles. The minimum atomic E-state index is -0.292. The maximum atomic E-state index is 11.5. The molecule has 0 aromatic heterocycles. The van der Waals surface area contributed by atoms with Crippen LogP contribution in [-0.2, 0) is 19.0 Å². The first-order chi connectivity index (χ1) is 7.31. The van der Waals surface area contributed by atoms with E-state index in [1.807, 2.05) is 0 Å². The minimum Gasteiger partial charge on any atom is -0.471 e. The van der Waals surface area contributed by atoms with Gasteiger partial charge in [-0.15, -0.1) is 0 Å². The molecule has 0 amide bonds. The summed E-state index contributed by atoms with van der Waals surface area (Å²) in [6.07, 6.45) is 4.35. The van der Waals surface area contributed by atoms with Gasteiger partial charge in [-0.05, 0) is 12.0 Å². The second-order valence-electron chi connectivity index (χ2n) is 4.03. The SMILES string of the molecule is COC(=O)C1=CO[C@H]2OCC3=CC[C@H]1[C@@H]32. The standard InChI is InChI=1S/C11H12O4/c1-13-10(12)8-5-15-11-9-6(4-14-11)2-3-7(8)9/h2,5,7,9,11H,3-4H2,1H3/t7-,9-,11-/m1/s1. The first-order valence-corrected chi connectivity index (χ1v) is 5.05. The Morgan fingerprint density at radius 1 is 1.60 bits per heavy atom. The Balaban J connectivity index is 1.93. The quantitative estimate of drug-likeness (QED) is 0.476. The number of carbonyl (C=O) groups is 1. The highest BCUT2D eigenvalue weighted by molar-refractivity contribution is 5.89. The van der Waals surface area contributed by atoms with Crippen LogP contribution in [0.4, 0.5) is 0 Å². The molecule has 3 aliphatic rings. The van der Waals surface area contributed by atoms with Gasteiger partial charge in [0.2, 0.25) is 6.29 Å². The Hall–Kier alpha value is -1.29. The zero-order valence-corrected chi connectivity index (χ0v) is 8.43. The summed E-state index contributed by atoms with van der Waals surface area (Å²) in [6, 6.07) is 0. The largest absolute Gasteiger partial charge is 0.471 e. The molecule has 3 atom stereocenters. The van der Waals surface area contributed by atoms with Crippen molar-refractivity contribution in [1.29, 1.82) is 0 Å². The van der Waals surface area contributed by atoms with Crippen LogP contribution in [0.25, 0.3) is 0 Å². The van der Waals surface area contributed by atoms with Gasteiger partial charge in [0.25, 0.3) is 0 Å². The molecule has 15 heavy (non-hydrogen) atoms. The third kappa shape index (κ3) is 1.14. The summed E-state index contributed by atoms with van der Waals surface area (Å²) in [5.74, 6) is 0.123. The summed E-state index contributed by atoms with van der Waals surface area (Å²) in [4.78, 5) is 11.5. The number of hydrogen-bond acceptors (Lipinski definition) is 4. The number of carbonyl (C=O) groups excluding carboxylic acids is 1. The monoisotopic (exact) mass is 208 g/mol. The van der Waals surface area contributed by atoms with E-state index in [1.165, 1.54) is 18.9 Å². The first-order valence-electron chi connectivity index (χ1n) is 5.05. The van der Waals surface area contributed by atoms with Gasteiger partial charge in [-0.3, -0.25) is 0 Å². The van der Waals surface area contributed by atoms with Crippen LogP contribution in [0.3, 0.4) is 0 Å². The highest BCUT2D eigenvalue weighted by Crippen LogP contribution is 2.47. The van der Waals surface area contributed by atoms with Crippen molar-refractivity contribution in [2.75, 3.05) is 13.7 Å². The summed E-state index contributed by atoms with van der Waals surface area (Å²) in [7, 11) is 1.39. The lowest BCUT2D eigenvalue weighted by Gasteiger charge is -2.28. The number of rotatable bonds is 1. The normalized spacial score (nSPS) is 36.5. The molecule has 4 nitrogen and oxygen atoms in total. The lowest BCUT2D eigenvalue weighted by atomic mass is 9.85. The molecule has 0 radical (unpaired) electrons. The van der Waals surface area contributed by atoms with Crippen molar-refractivity contribution in [3.63, 3.8) is 0 Å². The van der Waals surface area contributed by atoms with E-state index >= 15 is 0 Å². The van der Waals surface area contributed by atoms with Gasteiger partial charge in [0.1, 0.15) is 0 Å². The minimum absolute atomic E-state index is 0.189. The first kappa shape index (κ1) is 8.97. The van der Waals surface area contributed by atoms with Gasteiger partial charge in [-0.25, -0.2) is 4.79 Å². The van der Waals surface area contributed by atoms with Crippen LogP contribution in [0.5, 0.6) is 0 Å². The molecule has 0 aromatic rings. The van der Waals surface area contributed by atoms with Crippen LogP contribution < -0.4 is 0 Å². The van der Waals surface area contributed by atoms with Crippen LogP contribution in [0.2, 0.25) is 0 Å². The second-order valence-corrected chi connectivity index (χ2v) is 4.03. The van der Waals surface area contributed by atoms with E-state index in [0.717, 1.165) is 6.42 Å². The molecule has 1 fully saturated rings. The second kappa shape index (κ2) is 3.10. The summed E-state index contributed by atoms with van der Waals surface area (Å²) < 4.78 is 15.6. The summed E-state index contributed by atoms with van der Waals surface area (Å²) in [5.41, 5.74) is 1.90. The molecule has 2 heterocycles. The number of ether oxygens (including phenoxy) is 3. The lowest BCUT2D eigenvalue weighted by molar-refractivity contribution is -0.141. The van der Waals surface area contributed by atoms with E-state index in [9.17, 15) is 4.79 Å². The number of hydrogen-bond donors (Lipinski definition) is 0. The van der Waals surface area contributed by atoms with Crippen LogP contribution >= 0.6 is 0 Å². The third-order valence-corrected chi connectivity index (χ3v) is 3.35. The van der Waals surface area contributed by atoms with Crippen molar-refractivity contribution in [1.82, 2.24) is 0 Å². The average molecular weight is 208 g/mol. The maximum Gasteiger partial charge on any atom is 0.337 e. The Kier molecular flexibility index (Phi) is 1.85. The molecule has 0 unspecified atom stereocenters. The molecular formula is C11H12O4. The molecule has 3 rings (SSSR count). The molecule has 0 N–H and O–H groups in total. The summed E-state index contributed by atoms with van der Waals surface area (Å²) in [5, 5.41) is 0. The third-order valence-electron chi connectivity index (χ3n) is 3.35. The van der Waals surface area contributed by atoms with E-state index in [4.69, 9.17) is 14.2 Å². The molecule has 0 aromatic carbocycles.